The number of methoxy groups -OCH3 is 1. The number of hydrogen-bond donors (Lipinski definition) is 0. The Morgan fingerprint density at radius 3 is 2.33 bits per heavy atom. The quantitative estimate of drug-likeness (QED) is 0.292. The number of pyridine rings is 1. The zero-order valence-electron chi connectivity index (χ0n) is 18.0. The molecule has 0 aliphatic heterocycles. The minimum absolute atomic E-state index is 0.0195. The first kappa shape index (κ1) is 25.7. The Morgan fingerprint density at radius 2 is 1.80 bits per heavy atom. The van der Waals surface area contributed by atoms with Crippen molar-refractivity contribution >= 4 is 35.1 Å². The van der Waals surface area contributed by atoms with Crippen molar-refractivity contribution < 1.29 is 33.4 Å². The fraction of sp³-hybridized carbons (Fsp3) is 0.571. The maximum atomic E-state index is 13.5. The van der Waals surface area contributed by atoms with Gasteiger partial charge in [0.25, 0.3) is 0 Å². The van der Waals surface area contributed by atoms with E-state index in [9.17, 15) is 19.2 Å². The van der Waals surface area contributed by atoms with Crippen molar-refractivity contribution in [1.82, 2.24) is 4.98 Å². The van der Waals surface area contributed by atoms with Crippen molar-refractivity contribution in [1.29, 1.82) is 0 Å². The second-order valence-corrected chi connectivity index (χ2v) is 8.08. The SMILES string of the molecule is CCOC(=O)CCCC(C(=O)COC)(C(=O)OC(C)(C)C)C(=O)c1cncc(Cl)c1. The van der Waals surface area contributed by atoms with Crippen LogP contribution in [0.4, 0.5) is 0 Å². The summed E-state index contributed by atoms with van der Waals surface area (Å²) < 4.78 is 15.3. The molecular formula is C21H28ClNO7. The molecule has 8 nitrogen and oxygen atoms in total. The van der Waals surface area contributed by atoms with Gasteiger partial charge in [-0.25, -0.2) is 0 Å². The maximum Gasteiger partial charge on any atom is 0.328 e. The van der Waals surface area contributed by atoms with Crippen LogP contribution in [-0.4, -0.2) is 54.4 Å². The number of ketones is 2. The van der Waals surface area contributed by atoms with Crippen LogP contribution in [0, 0.1) is 5.41 Å². The zero-order valence-corrected chi connectivity index (χ0v) is 18.7. The average Bonchev–Trinajstić information content (AvgIpc) is 2.63. The van der Waals surface area contributed by atoms with Gasteiger partial charge in [-0.15, -0.1) is 0 Å². The highest BCUT2D eigenvalue weighted by Crippen LogP contribution is 2.35. The number of esters is 2. The normalized spacial score (nSPS) is 13.3. The van der Waals surface area contributed by atoms with Gasteiger partial charge in [0, 0.05) is 31.5 Å². The molecule has 0 aromatic carbocycles. The lowest BCUT2D eigenvalue weighted by molar-refractivity contribution is -0.168. The van der Waals surface area contributed by atoms with Crippen molar-refractivity contribution in [3.63, 3.8) is 0 Å². The lowest BCUT2D eigenvalue weighted by atomic mass is 9.73. The van der Waals surface area contributed by atoms with E-state index in [0.717, 1.165) is 0 Å². The van der Waals surface area contributed by atoms with Crippen molar-refractivity contribution in [2.24, 2.45) is 5.41 Å². The summed E-state index contributed by atoms with van der Waals surface area (Å²) in [4.78, 5) is 55.4. The predicted octanol–water partition coefficient (Wildman–Crippen LogP) is 3.19. The van der Waals surface area contributed by atoms with Gasteiger partial charge in [0.2, 0.25) is 0 Å². The van der Waals surface area contributed by atoms with E-state index in [2.05, 4.69) is 4.98 Å². The summed E-state index contributed by atoms with van der Waals surface area (Å²) in [5.74, 6) is -3.08. The zero-order chi connectivity index (χ0) is 22.9. The van der Waals surface area contributed by atoms with Crippen LogP contribution in [0.3, 0.4) is 0 Å². The van der Waals surface area contributed by atoms with Gasteiger partial charge < -0.3 is 14.2 Å². The Labute approximate surface area is 181 Å². The molecule has 9 heteroatoms. The van der Waals surface area contributed by atoms with Gasteiger partial charge in [0.15, 0.2) is 17.0 Å². The highest BCUT2D eigenvalue weighted by Gasteiger charge is 2.54. The summed E-state index contributed by atoms with van der Waals surface area (Å²) in [7, 11) is 1.28. The Hall–Kier alpha value is -2.32. The number of aromatic nitrogens is 1. The molecule has 0 bridgehead atoms. The number of ether oxygens (including phenoxy) is 3. The third-order valence-corrected chi connectivity index (χ3v) is 4.30. The molecule has 0 amide bonds. The molecule has 1 heterocycles. The van der Waals surface area contributed by atoms with Crippen LogP contribution in [0.2, 0.25) is 5.02 Å². The van der Waals surface area contributed by atoms with Gasteiger partial charge in [0.1, 0.15) is 12.2 Å². The van der Waals surface area contributed by atoms with Crippen molar-refractivity contribution in [3.05, 3.63) is 29.0 Å². The van der Waals surface area contributed by atoms with E-state index >= 15 is 0 Å². The van der Waals surface area contributed by atoms with Crippen LogP contribution >= 0.6 is 11.6 Å². The molecule has 1 aromatic heterocycles. The molecule has 30 heavy (non-hydrogen) atoms. The molecule has 1 atom stereocenters. The lowest BCUT2D eigenvalue weighted by Gasteiger charge is -2.32. The Kier molecular flexibility index (Phi) is 9.58. The molecule has 0 fully saturated rings. The standard InChI is InChI=1S/C21H28ClNO7/c1-6-29-17(25)8-7-9-21(16(24)13-28-5,19(27)30-20(2,3)4)18(26)14-10-15(22)12-23-11-14/h10-12H,6-9,13H2,1-5H3. The van der Waals surface area contributed by atoms with Gasteiger partial charge in [-0.05, 0) is 46.6 Å². The first-order valence-corrected chi connectivity index (χ1v) is 9.92. The molecule has 0 N–H and O–H groups in total. The Balaban J connectivity index is 3.44. The Morgan fingerprint density at radius 1 is 1.13 bits per heavy atom. The molecular weight excluding hydrogens is 414 g/mol. The van der Waals surface area contributed by atoms with Gasteiger partial charge in [-0.1, -0.05) is 11.6 Å². The topological polar surface area (TPSA) is 109 Å². The third kappa shape index (κ3) is 6.88. The number of hydrogen-bond acceptors (Lipinski definition) is 8. The monoisotopic (exact) mass is 441 g/mol. The van der Waals surface area contributed by atoms with Gasteiger partial charge in [-0.3, -0.25) is 24.2 Å². The summed E-state index contributed by atoms with van der Waals surface area (Å²) in [6, 6.07) is 1.32. The van der Waals surface area contributed by atoms with Crippen molar-refractivity contribution in [3.8, 4) is 0 Å². The predicted molar refractivity (Wildman–Crippen MR) is 109 cm³/mol. The molecule has 1 rings (SSSR count). The maximum absolute atomic E-state index is 13.5. The van der Waals surface area contributed by atoms with E-state index in [1.54, 1.807) is 27.7 Å². The second-order valence-electron chi connectivity index (χ2n) is 7.64. The van der Waals surface area contributed by atoms with Crippen LogP contribution in [0.5, 0.6) is 0 Å². The summed E-state index contributed by atoms with van der Waals surface area (Å²) in [6.07, 6.45) is 2.27. The van der Waals surface area contributed by atoms with E-state index in [0.29, 0.717) is 0 Å². The van der Waals surface area contributed by atoms with Crippen LogP contribution < -0.4 is 0 Å². The van der Waals surface area contributed by atoms with Gasteiger partial charge in [-0.2, -0.15) is 0 Å². The van der Waals surface area contributed by atoms with Crippen LogP contribution in [-0.2, 0) is 28.6 Å². The summed E-state index contributed by atoms with van der Waals surface area (Å²) in [6.45, 7) is 6.26. The summed E-state index contributed by atoms with van der Waals surface area (Å²) in [5, 5.41) is 0.171. The number of nitrogens with zero attached hydrogens (tertiary/aromatic N) is 1. The van der Waals surface area contributed by atoms with E-state index in [4.69, 9.17) is 25.8 Å². The fourth-order valence-electron chi connectivity index (χ4n) is 2.82. The van der Waals surface area contributed by atoms with Crippen molar-refractivity contribution in [2.75, 3.05) is 20.3 Å². The number of halogens is 1. The van der Waals surface area contributed by atoms with Gasteiger partial charge >= 0.3 is 11.9 Å². The van der Waals surface area contributed by atoms with Crippen molar-refractivity contribution in [2.45, 2.75) is 52.6 Å². The van der Waals surface area contributed by atoms with E-state index < -0.39 is 41.1 Å². The number of carbonyl (C=O) groups excluding carboxylic acids is 4. The highest BCUT2D eigenvalue weighted by atomic mass is 35.5. The third-order valence-electron chi connectivity index (χ3n) is 4.09. The summed E-state index contributed by atoms with van der Waals surface area (Å²) >= 11 is 5.94. The number of carbonyl (C=O) groups is 4. The molecule has 0 saturated carbocycles. The Bertz CT molecular complexity index is 788. The van der Waals surface area contributed by atoms with Gasteiger partial charge in [0.05, 0.1) is 11.6 Å². The fourth-order valence-corrected chi connectivity index (χ4v) is 3.00. The molecule has 0 spiro atoms. The smallest absolute Gasteiger partial charge is 0.328 e. The highest BCUT2D eigenvalue weighted by molar-refractivity contribution is 6.32. The lowest BCUT2D eigenvalue weighted by Crippen LogP contribution is -2.51. The first-order valence-electron chi connectivity index (χ1n) is 9.54. The van der Waals surface area contributed by atoms with Crippen LogP contribution in [0.25, 0.3) is 0 Å². The summed E-state index contributed by atoms with van der Waals surface area (Å²) in [5.41, 5.74) is -3.18. The molecule has 0 saturated heterocycles. The van der Waals surface area contributed by atoms with E-state index in [1.165, 1.54) is 25.6 Å². The van der Waals surface area contributed by atoms with Crippen LogP contribution in [0.15, 0.2) is 18.5 Å². The molecule has 166 valence electrons. The minimum atomic E-state index is -2.21. The largest absolute Gasteiger partial charge is 0.466 e. The molecule has 0 radical (unpaired) electrons. The minimum Gasteiger partial charge on any atom is -0.466 e. The molecule has 0 aliphatic rings. The first-order chi connectivity index (χ1) is 14.0. The number of Topliss-reactive ketones (excluding diaryl/α,β-unsaturated/α-hetero) is 2. The average molecular weight is 442 g/mol. The number of rotatable bonds is 11. The molecule has 1 aromatic rings. The molecule has 0 aliphatic carbocycles. The molecule has 1 unspecified atom stereocenters. The van der Waals surface area contributed by atoms with E-state index in [1.807, 2.05) is 0 Å². The van der Waals surface area contributed by atoms with E-state index in [-0.39, 0.29) is 36.5 Å². The van der Waals surface area contributed by atoms with Crippen LogP contribution in [0.1, 0.15) is 57.3 Å². The second kappa shape index (κ2) is 11.2.